The summed E-state index contributed by atoms with van der Waals surface area (Å²) in [6.07, 6.45) is 4.41. The topological polar surface area (TPSA) is 96.2 Å². The summed E-state index contributed by atoms with van der Waals surface area (Å²) >= 11 is 6.56. The van der Waals surface area contributed by atoms with Gasteiger partial charge in [0, 0.05) is 39.1 Å². The van der Waals surface area contributed by atoms with Crippen molar-refractivity contribution in [3.05, 3.63) is 44.7 Å². The monoisotopic (exact) mass is 462 g/mol. The number of thiocarbonyl (C=S) groups is 1. The standard InChI is InChI=1S/C21H26N4O4S2/c1-3-29-12-6-10-25-20(28)16(31-21(25)30)13-15-17(22-8-5-11-26)23-18-14(2)7-4-9-24(18)19(15)27/h4,7,9,13,22,26H,3,5-6,8,10-12H2,1-2H3/b16-13-. The zero-order valence-corrected chi connectivity index (χ0v) is 19.2. The minimum atomic E-state index is -0.276. The van der Waals surface area contributed by atoms with Crippen molar-refractivity contribution >= 4 is 51.7 Å². The molecule has 1 saturated heterocycles. The number of aromatic nitrogens is 2. The zero-order chi connectivity index (χ0) is 22.4. The fourth-order valence-electron chi connectivity index (χ4n) is 3.16. The van der Waals surface area contributed by atoms with Crippen LogP contribution in [-0.2, 0) is 9.53 Å². The van der Waals surface area contributed by atoms with Crippen LogP contribution in [0, 0.1) is 6.92 Å². The highest BCUT2D eigenvalue weighted by Crippen LogP contribution is 2.33. The predicted octanol–water partition coefficient (Wildman–Crippen LogP) is 2.43. The van der Waals surface area contributed by atoms with Gasteiger partial charge in [-0.3, -0.25) is 18.9 Å². The molecule has 1 amide bonds. The lowest BCUT2D eigenvalue weighted by atomic mass is 10.2. The average molecular weight is 463 g/mol. The maximum Gasteiger partial charge on any atom is 0.267 e. The van der Waals surface area contributed by atoms with Gasteiger partial charge in [-0.2, -0.15) is 0 Å². The minimum absolute atomic E-state index is 0.0222. The Balaban J connectivity index is 1.97. The summed E-state index contributed by atoms with van der Waals surface area (Å²) < 4.78 is 7.27. The number of aliphatic hydroxyl groups excluding tert-OH is 1. The first-order valence-electron chi connectivity index (χ1n) is 10.2. The van der Waals surface area contributed by atoms with Gasteiger partial charge in [-0.1, -0.05) is 30.0 Å². The van der Waals surface area contributed by atoms with E-state index >= 15 is 0 Å². The highest BCUT2D eigenvalue weighted by atomic mass is 32.2. The van der Waals surface area contributed by atoms with Crippen LogP contribution >= 0.6 is 24.0 Å². The number of pyridine rings is 1. The van der Waals surface area contributed by atoms with Gasteiger partial charge in [0.15, 0.2) is 0 Å². The molecule has 0 aromatic carbocycles. The van der Waals surface area contributed by atoms with Gasteiger partial charge in [0.05, 0.1) is 10.5 Å². The number of carbonyl (C=O) groups is 1. The number of thioether (sulfide) groups is 1. The van der Waals surface area contributed by atoms with E-state index in [0.29, 0.717) is 59.8 Å². The molecule has 10 heteroatoms. The summed E-state index contributed by atoms with van der Waals surface area (Å²) in [6.45, 7) is 5.93. The van der Waals surface area contributed by atoms with Gasteiger partial charge in [0.2, 0.25) is 0 Å². The van der Waals surface area contributed by atoms with Crippen LogP contribution in [0.5, 0.6) is 0 Å². The Morgan fingerprint density at radius 3 is 2.90 bits per heavy atom. The normalized spacial score (nSPS) is 15.5. The second-order valence-corrected chi connectivity index (χ2v) is 8.63. The number of carbonyl (C=O) groups excluding carboxylic acids is 1. The van der Waals surface area contributed by atoms with Crippen LogP contribution < -0.4 is 10.9 Å². The van der Waals surface area contributed by atoms with Crippen LogP contribution in [0.2, 0.25) is 0 Å². The van der Waals surface area contributed by atoms with Gasteiger partial charge in [-0.25, -0.2) is 4.98 Å². The zero-order valence-electron chi connectivity index (χ0n) is 17.6. The van der Waals surface area contributed by atoms with Crippen LogP contribution in [0.4, 0.5) is 5.82 Å². The lowest BCUT2D eigenvalue weighted by Crippen LogP contribution is -2.29. The predicted molar refractivity (Wildman–Crippen MR) is 127 cm³/mol. The Bertz CT molecular complexity index is 1070. The third kappa shape index (κ3) is 5.32. The quantitative estimate of drug-likeness (QED) is 0.316. The molecule has 1 aliphatic heterocycles. The first-order valence-corrected chi connectivity index (χ1v) is 11.4. The van der Waals surface area contributed by atoms with Crippen LogP contribution in [0.1, 0.15) is 30.9 Å². The van der Waals surface area contributed by atoms with E-state index in [-0.39, 0.29) is 23.6 Å². The molecular weight excluding hydrogens is 436 g/mol. The number of hydrogen-bond acceptors (Lipinski definition) is 8. The fourth-order valence-corrected chi connectivity index (χ4v) is 4.45. The van der Waals surface area contributed by atoms with E-state index in [1.807, 2.05) is 19.9 Å². The second-order valence-electron chi connectivity index (χ2n) is 6.95. The Kier molecular flexibility index (Phi) is 8.19. The van der Waals surface area contributed by atoms with Crippen molar-refractivity contribution in [2.75, 3.05) is 38.2 Å². The molecule has 0 radical (unpaired) electrons. The molecule has 166 valence electrons. The molecule has 31 heavy (non-hydrogen) atoms. The lowest BCUT2D eigenvalue weighted by molar-refractivity contribution is -0.122. The van der Waals surface area contributed by atoms with Crippen molar-refractivity contribution in [3.8, 4) is 0 Å². The molecule has 1 aliphatic rings. The van der Waals surface area contributed by atoms with Gasteiger partial charge in [0.25, 0.3) is 11.5 Å². The van der Waals surface area contributed by atoms with Gasteiger partial charge >= 0.3 is 0 Å². The molecule has 2 N–H and O–H groups in total. The molecule has 2 aromatic heterocycles. The maximum absolute atomic E-state index is 13.2. The van der Waals surface area contributed by atoms with Crippen molar-refractivity contribution < 1.29 is 14.6 Å². The van der Waals surface area contributed by atoms with Gasteiger partial charge in [-0.05, 0) is 44.4 Å². The minimum Gasteiger partial charge on any atom is -0.396 e. The lowest BCUT2D eigenvalue weighted by Gasteiger charge is -2.14. The van der Waals surface area contributed by atoms with Crippen LogP contribution in [0.25, 0.3) is 11.7 Å². The Morgan fingerprint density at radius 2 is 2.16 bits per heavy atom. The van der Waals surface area contributed by atoms with Crippen LogP contribution in [0.3, 0.4) is 0 Å². The van der Waals surface area contributed by atoms with E-state index in [2.05, 4.69) is 10.3 Å². The van der Waals surface area contributed by atoms with Crippen molar-refractivity contribution in [1.29, 1.82) is 0 Å². The largest absolute Gasteiger partial charge is 0.396 e. The van der Waals surface area contributed by atoms with Crippen molar-refractivity contribution in [3.63, 3.8) is 0 Å². The van der Waals surface area contributed by atoms with Gasteiger partial charge in [-0.15, -0.1) is 0 Å². The van der Waals surface area contributed by atoms with E-state index in [1.54, 1.807) is 23.2 Å². The molecule has 1 fully saturated rings. The van der Waals surface area contributed by atoms with Crippen LogP contribution in [-0.4, -0.2) is 62.5 Å². The van der Waals surface area contributed by atoms with E-state index in [4.69, 9.17) is 22.1 Å². The Labute approximate surface area is 190 Å². The number of rotatable bonds is 10. The molecule has 3 rings (SSSR count). The first kappa shape index (κ1) is 23.4. The van der Waals surface area contributed by atoms with Gasteiger partial charge in [0.1, 0.15) is 15.8 Å². The molecule has 0 bridgehead atoms. The molecule has 2 aromatic rings. The second kappa shape index (κ2) is 10.9. The Morgan fingerprint density at radius 1 is 1.35 bits per heavy atom. The summed E-state index contributed by atoms with van der Waals surface area (Å²) in [6, 6.07) is 3.66. The smallest absolute Gasteiger partial charge is 0.267 e. The third-order valence-corrected chi connectivity index (χ3v) is 6.11. The van der Waals surface area contributed by atoms with Crippen LogP contribution in [0.15, 0.2) is 28.0 Å². The molecule has 3 heterocycles. The summed E-state index contributed by atoms with van der Waals surface area (Å²) in [5.41, 5.74) is 1.41. The number of anilines is 1. The van der Waals surface area contributed by atoms with E-state index in [0.717, 1.165) is 5.56 Å². The van der Waals surface area contributed by atoms with E-state index in [9.17, 15) is 9.59 Å². The fraction of sp³-hybridized carbons (Fsp3) is 0.429. The number of aryl methyl sites for hydroxylation is 1. The van der Waals surface area contributed by atoms with Crippen molar-refractivity contribution in [2.45, 2.75) is 26.7 Å². The molecule has 0 saturated carbocycles. The average Bonchev–Trinajstić information content (AvgIpc) is 3.01. The maximum atomic E-state index is 13.2. The number of amides is 1. The number of fused-ring (bicyclic) bond motifs is 1. The molecule has 0 spiro atoms. The van der Waals surface area contributed by atoms with E-state index < -0.39 is 0 Å². The van der Waals surface area contributed by atoms with Crippen molar-refractivity contribution in [1.82, 2.24) is 14.3 Å². The third-order valence-electron chi connectivity index (χ3n) is 4.74. The Hall–Kier alpha value is -2.27. The SMILES string of the molecule is CCOCCCN1C(=O)/C(=C/c2c(NCCCO)nc3c(C)cccn3c2=O)SC1=S. The highest BCUT2D eigenvalue weighted by molar-refractivity contribution is 8.26. The number of aliphatic hydroxyl groups is 1. The summed E-state index contributed by atoms with van der Waals surface area (Å²) in [5, 5.41) is 12.2. The molecule has 0 atom stereocenters. The molecule has 0 unspecified atom stereocenters. The summed E-state index contributed by atoms with van der Waals surface area (Å²) in [4.78, 5) is 32.7. The van der Waals surface area contributed by atoms with Gasteiger partial charge < -0.3 is 15.2 Å². The van der Waals surface area contributed by atoms with E-state index in [1.165, 1.54) is 16.2 Å². The number of nitrogens with one attached hydrogen (secondary N) is 1. The van der Waals surface area contributed by atoms with Crippen molar-refractivity contribution in [2.24, 2.45) is 0 Å². The number of hydrogen-bond donors (Lipinski definition) is 2. The summed E-state index contributed by atoms with van der Waals surface area (Å²) in [5.74, 6) is 0.163. The molecular formula is C21H26N4O4S2. The highest BCUT2D eigenvalue weighted by Gasteiger charge is 2.32. The molecule has 8 nitrogen and oxygen atoms in total. The first-order chi connectivity index (χ1) is 15.0. The number of nitrogens with zero attached hydrogens (tertiary/aromatic N) is 3. The number of ether oxygens (including phenoxy) is 1. The summed E-state index contributed by atoms with van der Waals surface area (Å²) in [7, 11) is 0. The molecule has 0 aliphatic carbocycles.